The second-order valence-corrected chi connectivity index (χ2v) is 6.98. The third kappa shape index (κ3) is 9.39. The fourth-order valence-corrected chi connectivity index (χ4v) is 1.89. The van der Waals surface area contributed by atoms with Gasteiger partial charge in [0.1, 0.15) is 25.0 Å². The van der Waals surface area contributed by atoms with Gasteiger partial charge in [-0.05, 0) is 32.9 Å². The number of hydrogen-bond donors (Lipinski definition) is 2. The zero-order valence-electron chi connectivity index (χ0n) is 15.8. The van der Waals surface area contributed by atoms with E-state index in [9.17, 15) is 23.1 Å². The van der Waals surface area contributed by atoms with E-state index in [4.69, 9.17) is 9.57 Å². The smallest absolute Gasteiger partial charge is 0.416 e. The standard InChI is InChI=1S/C18H25F3N2O4/c1-12(24)26-11-16(13-6-5-7-14(8-13)18(19,20)21)23-27-10-15(25)9-22-17(2,3)4/h5-8,15,22,25H,9-11H2,1-4H3/b23-16+. The molecule has 0 aliphatic rings. The summed E-state index contributed by atoms with van der Waals surface area (Å²) < 4.78 is 43.5. The second kappa shape index (κ2) is 9.70. The van der Waals surface area contributed by atoms with Crippen LogP contribution in [0.25, 0.3) is 0 Å². The van der Waals surface area contributed by atoms with Crippen molar-refractivity contribution in [1.82, 2.24) is 5.32 Å². The van der Waals surface area contributed by atoms with Gasteiger partial charge < -0.3 is 20.0 Å². The number of β-amino-alcohol motifs (C(OH)–C–C–N with tert-alkyl or cyclic N) is 1. The van der Waals surface area contributed by atoms with Gasteiger partial charge in [0, 0.05) is 24.6 Å². The number of rotatable bonds is 8. The van der Waals surface area contributed by atoms with Crippen molar-refractivity contribution in [2.75, 3.05) is 19.8 Å². The van der Waals surface area contributed by atoms with Gasteiger partial charge in [-0.2, -0.15) is 13.2 Å². The summed E-state index contributed by atoms with van der Waals surface area (Å²) in [6, 6.07) is 4.45. The van der Waals surface area contributed by atoms with Gasteiger partial charge in [0.2, 0.25) is 0 Å². The molecule has 27 heavy (non-hydrogen) atoms. The molecule has 2 N–H and O–H groups in total. The highest BCUT2D eigenvalue weighted by Crippen LogP contribution is 2.29. The van der Waals surface area contributed by atoms with Crippen LogP contribution in [0.2, 0.25) is 0 Å². The molecule has 0 spiro atoms. The van der Waals surface area contributed by atoms with Crippen molar-refractivity contribution in [3.63, 3.8) is 0 Å². The van der Waals surface area contributed by atoms with Crippen LogP contribution in [0.5, 0.6) is 0 Å². The number of nitrogens with zero attached hydrogens (tertiary/aromatic N) is 1. The molecular weight excluding hydrogens is 365 g/mol. The van der Waals surface area contributed by atoms with E-state index < -0.39 is 23.8 Å². The molecule has 0 aromatic heterocycles. The van der Waals surface area contributed by atoms with Crippen molar-refractivity contribution in [2.24, 2.45) is 5.16 Å². The minimum Gasteiger partial charge on any atom is -0.459 e. The number of alkyl halides is 3. The summed E-state index contributed by atoms with van der Waals surface area (Å²) in [4.78, 5) is 16.1. The molecule has 1 aromatic rings. The normalized spacial score (nSPS) is 14.0. The number of halogens is 3. The second-order valence-electron chi connectivity index (χ2n) is 6.98. The average molecular weight is 390 g/mol. The minimum atomic E-state index is -4.52. The number of carbonyl (C=O) groups is 1. The fourth-order valence-electron chi connectivity index (χ4n) is 1.89. The number of aliphatic hydroxyl groups is 1. The van der Waals surface area contributed by atoms with Crippen molar-refractivity contribution in [1.29, 1.82) is 0 Å². The van der Waals surface area contributed by atoms with Crippen LogP contribution in [-0.2, 0) is 20.5 Å². The average Bonchev–Trinajstić information content (AvgIpc) is 2.54. The quantitative estimate of drug-likeness (QED) is 0.405. The van der Waals surface area contributed by atoms with Gasteiger partial charge in [0.15, 0.2) is 0 Å². The first kappa shape index (κ1) is 22.9. The highest BCUT2D eigenvalue weighted by molar-refractivity contribution is 6.02. The van der Waals surface area contributed by atoms with E-state index in [0.717, 1.165) is 12.1 Å². The molecule has 1 rings (SSSR count). The third-order valence-electron chi connectivity index (χ3n) is 3.24. The number of nitrogens with one attached hydrogen (secondary N) is 1. The number of aliphatic hydroxyl groups excluding tert-OH is 1. The summed E-state index contributed by atoms with van der Waals surface area (Å²) in [7, 11) is 0. The number of ether oxygens (including phenoxy) is 1. The lowest BCUT2D eigenvalue weighted by Crippen LogP contribution is -2.42. The van der Waals surface area contributed by atoms with Crippen LogP contribution >= 0.6 is 0 Å². The fraction of sp³-hybridized carbons (Fsp3) is 0.556. The predicted molar refractivity (Wildman–Crippen MR) is 94.3 cm³/mol. The summed E-state index contributed by atoms with van der Waals surface area (Å²) in [6.45, 7) is 6.70. The molecule has 0 fully saturated rings. The first-order chi connectivity index (χ1) is 12.4. The van der Waals surface area contributed by atoms with Crippen LogP contribution in [0.15, 0.2) is 29.4 Å². The molecule has 0 saturated heterocycles. The summed E-state index contributed by atoms with van der Waals surface area (Å²) in [5.74, 6) is -0.607. The Morgan fingerprint density at radius 1 is 1.30 bits per heavy atom. The molecule has 1 atom stereocenters. The van der Waals surface area contributed by atoms with E-state index in [0.29, 0.717) is 0 Å². The van der Waals surface area contributed by atoms with Crippen molar-refractivity contribution >= 4 is 11.7 Å². The van der Waals surface area contributed by atoms with E-state index in [1.165, 1.54) is 19.1 Å². The summed E-state index contributed by atoms with van der Waals surface area (Å²) in [6.07, 6.45) is -5.39. The highest BCUT2D eigenvalue weighted by atomic mass is 19.4. The number of benzene rings is 1. The molecule has 1 aromatic carbocycles. The maximum Gasteiger partial charge on any atom is 0.416 e. The van der Waals surface area contributed by atoms with Crippen LogP contribution in [-0.4, -0.2) is 48.2 Å². The number of hydrogen-bond acceptors (Lipinski definition) is 6. The Balaban J connectivity index is 2.85. The lowest BCUT2D eigenvalue weighted by atomic mass is 10.1. The Bertz CT molecular complexity index is 655. The van der Waals surface area contributed by atoms with Crippen LogP contribution < -0.4 is 5.32 Å². The Labute approximate surface area is 156 Å². The molecule has 1 unspecified atom stereocenters. The van der Waals surface area contributed by atoms with E-state index >= 15 is 0 Å². The number of carbonyl (C=O) groups excluding carboxylic acids is 1. The van der Waals surface area contributed by atoms with Crippen LogP contribution in [0.4, 0.5) is 13.2 Å². The van der Waals surface area contributed by atoms with E-state index in [1.54, 1.807) is 0 Å². The molecule has 0 aliphatic carbocycles. The molecular formula is C18H25F3N2O4. The Morgan fingerprint density at radius 2 is 1.96 bits per heavy atom. The Hall–Kier alpha value is -2.13. The number of oxime groups is 1. The zero-order valence-corrected chi connectivity index (χ0v) is 15.8. The zero-order chi connectivity index (χ0) is 20.7. The van der Waals surface area contributed by atoms with Gasteiger partial charge in [-0.3, -0.25) is 4.79 Å². The molecule has 152 valence electrons. The van der Waals surface area contributed by atoms with Gasteiger partial charge in [0.05, 0.1) is 5.56 Å². The lowest BCUT2D eigenvalue weighted by molar-refractivity contribution is -0.139. The van der Waals surface area contributed by atoms with Crippen LogP contribution in [0.1, 0.15) is 38.8 Å². The SMILES string of the molecule is CC(=O)OC/C(=N\OCC(O)CNC(C)(C)C)c1cccc(C(F)(F)F)c1. The van der Waals surface area contributed by atoms with Crippen molar-refractivity contribution in [2.45, 2.75) is 45.5 Å². The first-order valence-electron chi connectivity index (χ1n) is 8.31. The van der Waals surface area contributed by atoms with Crippen molar-refractivity contribution in [3.8, 4) is 0 Å². The van der Waals surface area contributed by atoms with E-state index in [-0.39, 0.29) is 36.6 Å². The van der Waals surface area contributed by atoms with Crippen LogP contribution in [0.3, 0.4) is 0 Å². The van der Waals surface area contributed by atoms with Gasteiger partial charge in [-0.15, -0.1) is 0 Å². The first-order valence-corrected chi connectivity index (χ1v) is 8.31. The molecule has 9 heteroatoms. The van der Waals surface area contributed by atoms with Crippen molar-refractivity contribution < 1.29 is 32.6 Å². The molecule has 0 aliphatic heterocycles. The summed E-state index contributed by atoms with van der Waals surface area (Å²) in [5, 5.41) is 16.7. The van der Waals surface area contributed by atoms with Gasteiger partial charge in [-0.1, -0.05) is 17.3 Å². The number of esters is 1. The van der Waals surface area contributed by atoms with E-state index in [2.05, 4.69) is 10.5 Å². The largest absolute Gasteiger partial charge is 0.459 e. The molecule has 0 saturated carbocycles. The third-order valence-corrected chi connectivity index (χ3v) is 3.24. The van der Waals surface area contributed by atoms with Crippen molar-refractivity contribution in [3.05, 3.63) is 35.4 Å². The summed E-state index contributed by atoms with van der Waals surface area (Å²) >= 11 is 0. The molecule has 0 amide bonds. The molecule has 0 radical (unpaired) electrons. The monoisotopic (exact) mass is 390 g/mol. The molecule has 0 bridgehead atoms. The highest BCUT2D eigenvalue weighted by Gasteiger charge is 2.30. The Morgan fingerprint density at radius 3 is 2.52 bits per heavy atom. The lowest BCUT2D eigenvalue weighted by Gasteiger charge is -2.22. The Kier molecular flexibility index (Phi) is 8.23. The van der Waals surface area contributed by atoms with Gasteiger partial charge in [0.25, 0.3) is 0 Å². The molecule has 6 nitrogen and oxygen atoms in total. The maximum absolute atomic E-state index is 12.9. The van der Waals surface area contributed by atoms with Gasteiger partial charge >= 0.3 is 12.1 Å². The predicted octanol–water partition coefficient (Wildman–Crippen LogP) is 2.74. The maximum atomic E-state index is 12.9. The molecule has 0 heterocycles. The van der Waals surface area contributed by atoms with Gasteiger partial charge in [-0.25, -0.2) is 0 Å². The van der Waals surface area contributed by atoms with E-state index in [1.807, 2.05) is 20.8 Å². The van der Waals surface area contributed by atoms with Crippen LogP contribution in [0, 0.1) is 0 Å². The summed E-state index contributed by atoms with van der Waals surface area (Å²) in [5.41, 5.74) is -0.937. The topological polar surface area (TPSA) is 80.2 Å². The minimum absolute atomic E-state index is 0.00674.